The van der Waals surface area contributed by atoms with Gasteiger partial charge in [-0.2, -0.15) is 24.4 Å². The van der Waals surface area contributed by atoms with E-state index in [9.17, 15) is 14.7 Å². The van der Waals surface area contributed by atoms with Crippen LogP contribution in [0.15, 0.2) is 0 Å². The highest BCUT2D eigenvalue weighted by Gasteiger charge is 2.31. The van der Waals surface area contributed by atoms with Crippen molar-refractivity contribution in [3.63, 3.8) is 0 Å². The van der Waals surface area contributed by atoms with Gasteiger partial charge in [-0.25, -0.2) is 4.79 Å². The van der Waals surface area contributed by atoms with Crippen molar-refractivity contribution in [2.75, 3.05) is 37.9 Å². The van der Waals surface area contributed by atoms with Crippen LogP contribution in [0.25, 0.3) is 0 Å². The second kappa shape index (κ2) is 16.2. The third kappa shape index (κ3) is 10.9. The zero-order valence-corrected chi connectivity index (χ0v) is 20.4. The molecule has 29 heavy (non-hydrogen) atoms. The van der Waals surface area contributed by atoms with Crippen molar-refractivity contribution in [3.8, 4) is 0 Å². The van der Waals surface area contributed by atoms with Crippen LogP contribution < -0.4 is 16.4 Å². The van der Waals surface area contributed by atoms with Gasteiger partial charge in [0.15, 0.2) is 0 Å². The molecule has 9 heteroatoms. The van der Waals surface area contributed by atoms with E-state index in [-0.39, 0.29) is 18.0 Å². The summed E-state index contributed by atoms with van der Waals surface area (Å²) < 4.78 is 0. The molecule has 1 amide bonds. The highest BCUT2D eigenvalue weighted by atomic mass is 32.2. The number of hydrogen-bond donors (Lipinski definition) is 5. The number of hydrogen-bond acceptors (Lipinski definition) is 7. The van der Waals surface area contributed by atoms with Crippen LogP contribution in [-0.4, -0.2) is 83.9 Å². The van der Waals surface area contributed by atoms with Crippen molar-refractivity contribution in [1.82, 2.24) is 15.5 Å². The van der Waals surface area contributed by atoms with Crippen LogP contribution in [0.3, 0.4) is 0 Å². The number of nitrogens with zero attached hydrogens (tertiary/aromatic N) is 1. The van der Waals surface area contributed by atoms with E-state index in [0.717, 1.165) is 12.8 Å². The van der Waals surface area contributed by atoms with E-state index >= 15 is 0 Å². The van der Waals surface area contributed by atoms with Gasteiger partial charge in [0.25, 0.3) is 0 Å². The summed E-state index contributed by atoms with van der Waals surface area (Å²) in [5, 5.41) is 16.4. The standard InChI is InChI=1S/C20H42N4O3S2/c1-6-8-16(19(25)24(4)18(20(26)27)9-10-29-5)23-12-17(14(3)7-2)22-11-15(21)13-28/h14-18,22-23,28H,6-13,21H2,1-5H3,(H,26,27)/t14-,15+,16-,17+,18-/m0/s1. The van der Waals surface area contributed by atoms with Gasteiger partial charge in [-0.1, -0.05) is 33.6 Å². The third-order valence-corrected chi connectivity index (χ3v) is 6.48. The van der Waals surface area contributed by atoms with E-state index in [1.807, 2.05) is 13.2 Å². The molecule has 7 nitrogen and oxygen atoms in total. The lowest BCUT2D eigenvalue weighted by Crippen LogP contribution is -2.55. The molecule has 0 aromatic rings. The highest BCUT2D eigenvalue weighted by Crippen LogP contribution is 2.12. The molecular formula is C20H42N4O3S2. The topological polar surface area (TPSA) is 108 Å². The number of likely N-dealkylation sites (N-methyl/N-ethyl adjacent to an activating group) is 1. The Balaban J connectivity index is 5.10. The molecule has 0 radical (unpaired) electrons. The summed E-state index contributed by atoms with van der Waals surface area (Å²) in [6.45, 7) is 7.64. The smallest absolute Gasteiger partial charge is 0.326 e. The molecule has 0 heterocycles. The third-order valence-electron chi connectivity index (χ3n) is 5.36. The Hall–Kier alpha value is -0.480. The second-order valence-electron chi connectivity index (χ2n) is 7.68. The summed E-state index contributed by atoms with van der Waals surface area (Å²) >= 11 is 5.82. The summed E-state index contributed by atoms with van der Waals surface area (Å²) in [5.74, 6) is 0.617. The van der Waals surface area contributed by atoms with Crippen molar-refractivity contribution in [2.24, 2.45) is 11.7 Å². The number of thiol groups is 1. The fraction of sp³-hybridized carbons (Fsp3) is 0.900. The van der Waals surface area contributed by atoms with Gasteiger partial charge in [-0.05, 0) is 30.8 Å². The van der Waals surface area contributed by atoms with Crippen LogP contribution in [0, 0.1) is 5.92 Å². The molecule has 0 spiro atoms. The van der Waals surface area contributed by atoms with Gasteiger partial charge in [-0.3, -0.25) is 4.79 Å². The van der Waals surface area contributed by atoms with Crippen molar-refractivity contribution in [2.45, 2.75) is 70.6 Å². The van der Waals surface area contributed by atoms with Gasteiger partial charge in [0, 0.05) is 38.0 Å². The maximum atomic E-state index is 13.0. The van der Waals surface area contributed by atoms with Crippen LogP contribution in [0.2, 0.25) is 0 Å². The number of carboxylic acids is 1. The first kappa shape index (κ1) is 28.5. The Labute approximate surface area is 186 Å². The summed E-state index contributed by atoms with van der Waals surface area (Å²) in [4.78, 5) is 26.1. The van der Waals surface area contributed by atoms with Crippen LogP contribution in [0.4, 0.5) is 0 Å². The first-order valence-electron chi connectivity index (χ1n) is 10.5. The molecule has 0 aromatic carbocycles. The Morgan fingerprint density at radius 1 is 1.21 bits per heavy atom. The van der Waals surface area contributed by atoms with Gasteiger partial charge in [0.05, 0.1) is 6.04 Å². The van der Waals surface area contributed by atoms with Gasteiger partial charge in [0.1, 0.15) is 6.04 Å². The number of aliphatic carboxylic acids is 1. The zero-order chi connectivity index (χ0) is 22.4. The summed E-state index contributed by atoms with van der Waals surface area (Å²) in [5.41, 5.74) is 5.98. The minimum absolute atomic E-state index is 0.0168. The number of carboxylic acid groups (broad SMARTS) is 1. The molecule has 172 valence electrons. The average molecular weight is 451 g/mol. The van der Waals surface area contributed by atoms with Crippen molar-refractivity contribution >= 4 is 36.3 Å². The lowest BCUT2D eigenvalue weighted by atomic mass is 9.98. The van der Waals surface area contributed by atoms with E-state index < -0.39 is 18.1 Å². The summed E-state index contributed by atoms with van der Waals surface area (Å²) in [6, 6.07) is -1.03. The van der Waals surface area contributed by atoms with Crippen LogP contribution in [0.5, 0.6) is 0 Å². The van der Waals surface area contributed by atoms with E-state index in [1.165, 1.54) is 4.90 Å². The minimum Gasteiger partial charge on any atom is -0.480 e. The monoisotopic (exact) mass is 450 g/mol. The van der Waals surface area contributed by atoms with E-state index in [0.29, 0.717) is 43.4 Å². The number of nitrogens with two attached hydrogens (primary N) is 1. The van der Waals surface area contributed by atoms with Crippen LogP contribution in [0.1, 0.15) is 46.5 Å². The van der Waals surface area contributed by atoms with E-state index in [1.54, 1.807) is 18.8 Å². The Kier molecular flexibility index (Phi) is 16.0. The maximum Gasteiger partial charge on any atom is 0.326 e. The van der Waals surface area contributed by atoms with Crippen LogP contribution in [-0.2, 0) is 9.59 Å². The molecule has 0 saturated heterocycles. The summed E-state index contributed by atoms with van der Waals surface area (Å²) in [6.07, 6.45) is 4.89. The second-order valence-corrected chi connectivity index (χ2v) is 9.03. The van der Waals surface area contributed by atoms with Crippen LogP contribution >= 0.6 is 24.4 Å². The molecule has 0 aliphatic carbocycles. The maximum absolute atomic E-state index is 13.0. The quantitative estimate of drug-likeness (QED) is 0.215. The predicted molar refractivity (Wildman–Crippen MR) is 127 cm³/mol. The Morgan fingerprint density at radius 3 is 2.34 bits per heavy atom. The predicted octanol–water partition coefficient (Wildman–Crippen LogP) is 1.67. The molecule has 0 rings (SSSR count). The first-order valence-corrected chi connectivity index (χ1v) is 12.6. The SMILES string of the molecule is CCC[C@H](NC[C@@H](NC[C@@H](N)CS)[C@@H](C)CC)C(=O)N(C)[C@@H](CCSC)C(=O)O. The molecule has 0 aromatic heterocycles. The summed E-state index contributed by atoms with van der Waals surface area (Å²) in [7, 11) is 1.60. The molecule has 0 bridgehead atoms. The molecular weight excluding hydrogens is 408 g/mol. The molecule has 0 aliphatic heterocycles. The molecule has 0 unspecified atom stereocenters. The highest BCUT2D eigenvalue weighted by molar-refractivity contribution is 7.98. The van der Waals surface area contributed by atoms with Crippen molar-refractivity contribution < 1.29 is 14.7 Å². The lowest BCUT2D eigenvalue weighted by molar-refractivity contribution is -0.150. The lowest BCUT2D eigenvalue weighted by Gasteiger charge is -2.31. The molecule has 0 saturated carbocycles. The van der Waals surface area contributed by atoms with Crippen molar-refractivity contribution in [1.29, 1.82) is 0 Å². The van der Waals surface area contributed by atoms with Crippen molar-refractivity contribution in [3.05, 3.63) is 0 Å². The zero-order valence-electron chi connectivity index (χ0n) is 18.7. The molecule has 5 atom stereocenters. The number of rotatable bonds is 17. The van der Waals surface area contributed by atoms with E-state index in [2.05, 4.69) is 37.1 Å². The number of amides is 1. The van der Waals surface area contributed by atoms with Gasteiger partial charge < -0.3 is 26.4 Å². The fourth-order valence-corrected chi connectivity index (χ4v) is 3.70. The Bertz CT molecular complexity index is 471. The fourth-order valence-electron chi connectivity index (χ4n) is 3.11. The molecule has 0 aliphatic rings. The van der Waals surface area contributed by atoms with E-state index in [4.69, 9.17) is 5.73 Å². The van der Waals surface area contributed by atoms with Gasteiger partial charge >= 0.3 is 5.97 Å². The molecule has 5 N–H and O–H groups in total. The average Bonchev–Trinajstić information content (AvgIpc) is 2.71. The normalized spacial score (nSPS) is 16.7. The number of nitrogens with one attached hydrogen (secondary N) is 2. The van der Waals surface area contributed by atoms with Gasteiger partial charge in [-0.15, -0.1) is 0 Å². The largest absolute Gasteiger partial charge is 0.480 e. The van der Waals surface area contributed by atoms with Gasteiger partial charge in [0.2, 0.25) is 5.91 Å². The first-order chi connectivity index (χ1) is 13.7. The molecule has 0 fully saturated rings. The minimum atomic E-state index is -0.954. The number of carbonyl (C=O) groups excluding carboxylic acids is 1. The Morgan fingerprint density at radius 2 is 1.86 bits per heavy atom. The number of carbonyl (C=O) groups is 2. The number of thioether (sulfide) groups is 1.